The Kier molecular flexibility index (Phi) is 8.35. The lowest BCUT2D eigenvalue weighted by Gasteiger charge is -2.40. The Morgan fingerprint density at radius 3 is 2.73 bits per heavy atom. The lowest BCUT2D eigenvalue weighted by Crippen LogP contribution is -2.40. The molecule has 1 aliphatic carbocycles. The molecule has 1 fully saturated rings. The Labute approximate surface area is 157 Å². The maximum Gasteiger partial charge on any atom is 0.226 e. The van der Waals surface area contributed by atoms with E-state index in [1.54, 1.807) is 7.11 Å². The van der Waals surface area contributed by atoms with E-state index in [-0.39, 0.29) is 0 Å². The van der Waals surface area contributed by atoms with Crippen LogP contribution in [0.15, 0.2) is 9.52 Å². The van der Waals surface area contributed by atoms with Gasteiger partial charge in [-0.2, -0.15) is 4.98 Å². The number of guanidine groups is 1. The molecule has 1 aromatic rings. The smallest absolute Gasteiger partial charge is 0.226 e. The number of aryl methyl sites for hydroxylation is 1. The first kappa shape index (κ1) is 20.7. The van der Waals surface area contributed by atoms with Gasteiger partial charge in [-0.05, 0) is 38.0 Å². The summed E-state index contributed by atoms with van der Waals surface area (Å²) >= 11 is 0. The Hall–Kier alpha value is -1.63. The number of nitrogens with zero attached hydrogens (tertiary/aromatic N) is 3. The van der Waals surface area contributed by atoms with Crippen LogP contribution in [0.4, 0.5) is 0 Å². The molecule has 1 heterocycles. The molecule has 2 rings (SSSR count). The molecule has 148 valence electrons. The molecule has 0 bridgehead atoms. The van der Waals surface area contributed by atoms with E-state index in [0.717, 1.165) is 57.3 Å². The molecule has 1 aliphatic rings. The van der Waals surface area contributed by atoms with Gasteiger partial charge in [-0.3, -0.25) is 4.99 Å². The lowest BCUT2D eigenvalue weighted by atomic mass is 9.67. The first-order valence-electron chi connectivity index (χ1n) is 9.92. The van der Waals surface area contributed by atoms with Crippen molar-refractivity contribution in [2.45, 2.75) is 65.2 Å². The zero-order chi connectivity index (χ0) is 18.8. The van der Waals surface area contributed by atoms with Crippen LogP contribution in [0.2, 0.25) is 0 Å². The van der Waals surface area contributed by atoms with Gasteiger partial charge in [-0.1, -0.05) is 25.4 Å². The van der Waals surface area contributed by atoms with Gasteiger partial charge in [0.25, 0.3) is 0 Å². The number of aliphatic imine (C=N–C) groups is 1. The van der Waals surface area contributed by atoms with Gasteiger partial charge in [0.15, 0.2) is 11.8 Å². The molecule has 26 heavy (non-hydrogen) atoms. The second-order valence-corrected chi connectivity index (χ2v) is 7.52. The molecule has 7 nitrogen and oxygen atoms in total. The van der Waals surface area contributed by atoms with Gasteiger partial charge in [0.1, 0.15) is 0 Å². The fraction of sp³-hybridized carbons (Fsp3) is 0.842. The Morgan fingerprint density at radius 1 is 1.35 bits per heavy atom. The van der Waals surface area contributed by atoms with Crippen LogP contribution in [0.25, 0.3) is 0 Å². The lowest BCUT2D eigenvalue weighted by molar-refractivity contribution is 0.0778. The van der Waals surface area contributed by atoms with Crippen LogP contribution in [-0.4, -0.2) is 49.5 Å². The van der Waals surface area contributed by atoms with Crippen LogP contribution in [0.3, 0.4) is 0 Å². The summed E-state index contributed by atoms with van der Waals surface area (Å²) in [6.45, 7) is 9.60. The Balaban J connectivity index is 1.76. The van der Waals surface area contributed by atoms with Gasteiger partial charge in [0, 0.05) is 45.7 Å². The van der Waals surface area contributed by atoms with Gasteiger partial charge >= 0.3 is 0 Å². The van der Waals surface area contributed by atoms with Crippen molar-refractivity contribution in [3.05, 3.63) is 11.7 Å². The average molecular weight is 366 g/mol. The van der Waals surface area contributed by atoms with E-state index in [1.807, 2.05) is 0 Å². The van der Waals surface area contributed by atoms with Crippen molar-refractivity contribution < 1.29 is 9.26 Å². The number of hydrogen-bond acceptors (Lipinski definition) is 5. The SMILES string of the molecule is CCNC(=NCC1(CCOC)CCC1)NCCCc1nc(C(C)C)no1. The number of ether oxygens (including phenoxy) is 1. The molecule has 0 amide bonds. The van der Waals surface area contributed by atoms with Crippen LogP contribution >= 0.6 is 0 Å². The van der Waals surface area contributed by atoms with Crippen molar-refractivity contribution >= 4 is 5.96 Å². The minimum atomic E-state index is 0.301. The molecule has 0 unspecified atom stereocenters. The first-order valence-corrected chi connectivity index (χ1v) is 9.92. The van der Waals surface area contributed by atoms with Crippen molar-refractivity contribution in [3.63, 3.8) is 0 Å². The number of aromatic nitrogens is 2. The van der Waals surface area contributed by atoms with Crippen molar-refractivity contribution in [1.29, 1.82) is 0 Å². The molecular formula is C19H35N5O2. The minimum absolute atomic E-state index is 0.301. The van der Waals surface area contributed by atoms with E-state index in [0.29, 0.717) is 17.2 Å². The fourth-order valence-electron chi connectivity index (χ4n) is 3.12. The maximum absolute atomic E-state index is 5.29. The second kappa shape index (κ2) is 10.5. The van der Waals surface area contributed by atoms with E-state index >= 15 is 0 Å². The molecule has 7 heteroatoms. The van der Waals surface area contributed by atoms with E-state index in [1.165, 1.54) is 19.3 Å². The van der Waals surface area contributed by atoms with E-state index < -0.39 is 0 Å². The summed E-state index contributed by atoms with van der Waals surface area (Å²) in [5.41, 5.74) is 0.343. The number of hydrogen-bond donors (Lipinski definition) is 2. The van der Waals surface area contributed by atoms with Crippen LogP contribution in [-0.2, 0) is 11.2 Å². The van der Waals surface area contributed by atoms with Crippen LogP contribution < -0.4 is 10.6 Å². The highest BCUT2D eigenvalue weighted by molar-refractivity contribution is 5.79. The minimum Gasteiger partial charge on any atom is -0.385 e. The number of nitrogens with one attached hydrogen (secondary N) is 2. The molecule has 1 saturated carbocycles. The molecule has 2 N–H and O–H groups in total. The van der Waals surface area contributed by atoms with Crippen molar-refractivity contribution in [1.82, 2.24) is 20.8 Å². The Bertz CT molecular complexity index is 552. The van der Waals surface area contributed by atoms with E-state index in [9.17, 15) is 0 Å². The van der Waals surface area contributed by atoms with E-state index in [2.05, 4.69) is 41.5 Å². The van der Waals surface area contributed by atoms with Crippen LogP contribution in [0, 0.1) is 5.41 Å². The predicted molar refractivity (Wildman–Crippen MR) is 103 cm³/mol. The van der Waals surface area contributed by atoms with Gasteiger partial charge in [0.2, 0.25) is 5.89 Å². The molecule has 0 saturated heterocycles. The molecule has 0 atom stereocenters. The van der Waals surface area contributed by atoms with Gasteiger partial charge < -0.3 is 19.9 Å². The summed E-state index contributed by atoms with van der Waals surface area (Å²) in [5.74, 6) is 2.69. The quantitative estimate of drug-likeness (QED) is 0.356. The average Bonchev–Trinajstić information content (AvgIpc) is 3.06. The number of rotatable bonds is 11. The summed E-state index contributed by atoms with van der Waals surface area (Å²) in [7, 11) is 1.77. The maximum atomic E-state index is 5.29. The zero-order valence-electron chi connectivity index (χ0n) is 16.8. The van der Waals surface area contributed by atoms with Gasteiger partial charge in [-0.15, -0.1) is 0 Å². The molecule has 1 aromatic heterocycles. The molecular weight excluding hydrogens is 330 g/mol. The van der Waals surface area contributed by atoms with Crippen LogP contribution in [0.1, 0.15) is 70.5 Å². The highest BCUT2D eigenvalue weighted by atomic mass is 16.5. The highest BCUT2D eigenvalue weighted by Crippen LogP contribution is 2.44. The largest absolute Gasteiger partial charge is 0.385 e. The van der Waals surface area contributed by atoms with E-state index in [4.69, 9.17) is 14.3 Å². The summed E-state index contributed by atoms with van der Waals surface area (Å²) < 4.78 is 10.6. The standard InChI is InChI=1S/C19H35N5O2/c1-5-20-18(22-14-19(9-7-10-19)11-13-25-4)21-12-6-8-16-23-17(15(2)3)24-26-16/h15H,5-14H2,1-4H3,(H2,20,21,22). The third kappa shape index (κ3) is 6.27. The monoisotopic (exact) mass is 365 g/mol. The van der Waals surface area contributed by atoms with Gasteiger partial charge in [-0.25, -0.2) is 0 Å². The van der Waals surface area contributed by atoms with Gasteiger partial charge in [0.05, 0.1) is 0 Å². The number of methoxy groups -OCH3 is 1. The molecule has 0 radical (unpaired) electrons. The third-order valence-electron chi connectivity index (χ3n) is 5.03. The van der Waals surface area contributed by atoms with Crippen molar-refractivity contribution in [2.24, 2.45) is 10.4 Å². The molecule has 0 aromatic carbocycles. The first-order chi connectivity index (χ1) is 12.6. The molecule has 0 aliphatic heterocycles. The summed E-state index contributed by atoms with van der Waals surface area (Å²) in [6, 6.07) is 0. The summed E-state index contributed by atoms with van der Waals surface area (Å²) in [6.07, 6.45) is 6.64. The second-order valence-electron chi connectivity index (χ2n) is 7.52. The predicted octanol–water partition coefficient (Wildman–Crippen LogP) is 2.89. The topological polar surface area (TPSA) is 84.6 Å². The molecule has 0 spiro atoms. The Morgan fingerprint density at radius 2 is 2.15 bits per heavy atom. The zero-order valence-corrected chi connectivity index (χ0v) is 16.8. The summed E-state index contributed by atoms with van der Waals surface area (Å²) in [4.78, 5) is 9.24. The summed E-state index contributed by atoms with van der Waals surface area (Å²) in [5, 5.41) is 10.8. The van der Waals surface area contributed by atoms with Crippen molar-refractivity contribution in [3.8, 4) is 0 Å². The third-order valence-corrected chi connectivity index (χ3v) is 5.03. The fourth-order valence-corrected chi connectivity index (χ4v) is 3.12. The normalized spacial score (nSPS) is 16.6. The highest BCUT2D eigenvalue weighted by Gasteiger charge is 2.36. The van der Waals surface area contributed by atoms with Crippen molar-refractivity contribution in [2.75, 3.05) is 33.4 Å². The van der Waals surface area contributed by atoms with Crippen LogP contribution in [0.5, 0.6) is 0 Å².